The molecule has 0 unspecified atom stereocenters. The summed E-state index contributed by atoms with van der Waals surface area (Å²) < 4.78 is 0. The Kier molecular flexibility index (Phi) is 5.56. The molecule has 0 atom stereocenters. The van der Waals surface area contributed by atoms with Gasteiger partial charge in [-0.25, -0.2) is 4.98 Å². The van der Waals surface area contributed by atoms with Crippen LogP contribution in [0, 0.1) is 6.92 Å². The van der Waals surface area contributed by atoms with E-state index in [4.69, 9.17) is 4.98 Å². The van der Waals surface area contributed by atoms with Crippen molar-refractivity contribution >= 4 is 28.4 Å². The van der Waals surface area contributed by atoms with Crippen LogP contribution in [0.1, 0.15) is 28.8 Å². The Labute approximate surface area is 171 Å². The highest BCUT2D eigenvalue weighted by atomic mass is 16.2. The van der Waals surface area contributed by atoms with Gasteiger partial charge in [-0.1, -0.05) is 48.5 Å². The van der Waals surface area contributed by atoms with E-state index < -0.39 is 0 Å². The molecule has 1 saturated heterocycles. The molecule has 1 fully saturated rings. The van der Waals surface area contributed by atoms with Crippen molar-refractivity contribution in [2.45, 2.75) is 19.8 Å². The molecule has 5 nitrogen and oxygen atoms in total. The summed E-state index contributed by atoms with van der Waals surface area (Å²) in [6.07, 6.45) is 0.523. The molecular weight excluding hydrogens is 362 g/mol. The van der Waals surface area contributed by atoms with Crippen LogP contribution in [0.2, 0.25) is 0 Å². The number of aryl methyl sites for hydroxylation is 1. The molecule has 1 amide bonds. The molecule has 29 heavy (non-hydrogen) atoms. The number of benzene rings is 2. The van der Waals surface area contributed by atoms with E-state index in [9.17, 15) is 9.59 Å². The first-order valence-electron chi connectivity index (χ1n) is 10.1. The Balaban J connectivity index is 1.33. The van der Waals surface area contributed by atoms with Crippen molar-refractivity contribution < 1.29 is 9.59 Å². The van der Waals surface area contributed by atoms with Crippen molar-refractivity contribution in [3.63, 3.8) is 0 Å². The van der Waals surface area contributed by atoms with E-state index in [0.717, 1.165) is 24.4 Å². The second-order valence-corrected chi connectivity index (χ2v) is 7.47. The highest BCUT2D eigenvalue weighted by molar-refractivity contribution is 5.97. The largest absolute Gasteiger partial charge is 0.353 e. The molecule has 0 aliphatic carbocycles. The zero-order valence-electron chi connectivity index (χ0n) is 16.7. The van der Waals surface area contributed by atoms with Crippen molar-refractivity contribution in [3.05, 3.63) is 71.8 Å². The van der Waals surface area contributed by atoms with Gasteiger partial charge in [0.05, 0.1) is 5.52 Å². The van der Waals surface area contributed by atoms with Crippen LogP contribution in [0.4, 0.5) is 5.82 Å². The van der Waals surface area contributed by atoms with Crippen LogP contribution in [0.15, 0.2) is 60.7 Å². The quantitative estimate of drug-likeness (QED) is 0.624. The molecule has 1 aliphatic rings. The lowest BCUT2D eigenvalue weighted by Crippen LogP contribution is -2.49. The van der Waals surface area contributed by atoms with Crippen molar-refractivity contribution in [1.29, 1.82) is 0 Å². The van der Waals surface area contributed by atoms with E-state index in [1.54, 1.807) is 12.1 Å². The number of piperazine rings is 1. The number of hydrogen-bond acceptors (Lipinski definition) is 4. The van der Waals surface area contributed by atoms with E-state index >= 15 is 0 Å². The van der Waals surface area contributed by atoms with Gasteiger partial charge in [-0.05, 0) is 24.6 Å². The summed E-state index contributed by atoms with van der Waals surface area (Å²) in [5.74, 6) is 1.04. The average molecular weight is 387 g/mol. The SMILES string of the molecule is Cc1cc(N2CCN(C(=O)CCC(=O)c3ccccc3)CC2)nc2ccccc12. The monoisotopic (exact) mass is 387 g/mol. The molecule has 5 heteroatoms. The van der Waals surface area contributed by atoms with E-state index in [1.165, 1.54) is 10.9 Å². The topological polar surface area (TPSA) is 53.5 Å². The fourth-order valence-electron chi connectivity index (χ4n) is 3.83. The molecule has 0 N–H and O–H groups in total. The first-order chi connectivity index (χ1) is 14.1. The number of hydrogen-bond donors (Lipinski definition) is 0. The molecular formula is C24H25N3O2. The second kappa shape index (κ2) is 8.43. The third-order valence-corrected chi connectivity index (χ3v) is 5.53. The number of ketones is 1. The van der Waals surface area contributed by atoms with Crippen LogP contribution in [-0.2, 0) is 4.79 Å². The molecule has 2 heterocycles. The predicted octanol–water partition coefficient (Wildman–Crippen LogP) is 3.85. The van der Waals surface area contributed by atoms with Crippen LogP contribution >= 0.6 is 0 Å². The van der Waals surface area contributed by atoms with Crippen molar-refractivity contribution in [2.24, 2.45) is 0 Å². The molecule has 0 bridgehead atoms. The lowest BCUT2D eigenvalue weighted by Gasteiger charge is -2.35. The normalized spacial score (nSPS) is 14.2. The fourth-order valence-corrected chi connectivity index (χ4v) is 3.83. The predicted molar refractivity (Wildman–Crippen MR) is 115 cm³/mol. The number of rotatable bonds is 5. The highest BCUT2D eigenvalue weighted by Gasteiger charge is 2.23. The fraction of sp³-hybridized carbons (Fsp3) is 0.292. The Morgan fingerprint density at radius 2 is 1.59 bits per heavy atom. The van der Waals surface area contributed by atoms with E-state index in [1.807, 2.05) is 41.3 Å². The van der Waals surface area contributed by atoms with Gasteiger partial charge >= 0.3 is 0 Å². The van der Waals surface area contributed by atoms with Crippen LogP contribution in [0.3, 0.4) is 0 Å². The molecule has 1 aliphatic heterocycles. The zero-order valence-corrected chi connectivity index (χ0v) is 16.7. The maximum atomic E-state index is 12.5. The Bertz CT molecular complexity index is 1020. The molecule has 1 aromatic heterocycles. The van der Waals surface area contributed by atoms with Crippen LogP contribution < -0.4 is 4.90 Å². The van der Waals surface area contributed by atoms with Gasteiger partial charge in [0.2, 0.25) is 5.91 Å². The minimum atomic E-state index is 0.0217. The zero-order chi connectivity index (χ0) is 20.2. The highest BCUT2D eigenvalue weighted by Crippen LogP contribution is 2.23. The molecule has 0 saturated carbocycles. The number of anilines is 1. The van der Waals surface area contributed by atoms with Crippen molar-refractivity contribution in [3.8, 4) is 0 Å². The number of aromatic nitrogens is 1. The number of amides is 1. The first-order valence-corrected chi connectivity index (χ1v) is 10.1. The van der Waals surface area contributed by atoms with Crippen molar-refractivity contribution in [2.75, 3.05) is 31.1 Å². The third-order valence-electron chi connectivity index (χ3n) is 5.53. The van der Waals surface area contributed by atoms with Gasteiger partial charge in [0, 0.05) is 50.0 Å². The molecule has 4 rings (SSSR count). The van der Waals surface area contributed by atoms with Gasteiger partial charge in [-0.2, -0.15) is 0 Å². The van der Waals surface area contributed by atoms with E-state index in [2.05, 4.69) is 24.0 Å². The molecule has 2 aromatic carbocycles. The minimum absolute atomic E-state index is 0.0217. The number of para-hydroxylation sites is 1. The Morgan fingerprint density at radius 1 is 0.897 bits per heavy atom. The Morgan fingerprint density at radius 3 is 2.34 bits per heavy atom. The average Bonchev–Trinajstić information content (AvgIpc) is 2.78. The second-order valence-electron chi connectivity index (χ2n) is 7.47. The summed E-state index contributed by atoms with van der Waals surface area (Å²) in [6, 6.07) is 19.5. The van der Waals surface area contributed by atoms with Gasteiger partial charge in [-0.15, -0.1) is 0 Å². The van der Waals surface area contributed by atoms with Gasteiger partial charge in [0.15, 0.2) is 5.78 Å². The summed E-state index contributed by atoms with van der Waals surface area (Å²) in [6.45, 7) is 4.93. The maximum absolute atomic E-state index is 12.5. The lowest BCUT2D eigenvalue weighted by molar-refractivity contribution is -0.131. The number of fused-ring (bicyclic) bond motifs is 1. The molecule has 148 valence electrons. The maximum Gasteiger partial charge on any atom is 0.223 e. The van der Waals surface area contributed by atoms with Crippen LogP contribution in [-0.4, -0.2) is 47.8 Å². The van der Waals surface area contributed by atoms with E-state index in [0.29, 0.717) is 18.7 Å². The summed E-state index contributed by atoms with van der Waals surface area (Å²) >= 11 is 0. The van der Waals surface area contributed by atoms with Crippen molar-refractivity contribution in [1.82, 2.24) is 9.88 Å². The molecule has 0 radical (unpaired) electrons. The summed E-state index contributed by atoms with van der Waals surface area (Å²) in [7, 11) is 0. The molecule has 0 spiro atoms. The minimum Gasteiger partial charge on any atom is -0.353 e. The third kappa shape index (κ3) is 4.29. The standard InChI is InChI=1S/C24H25N3O2/c1-18-17-23(25-21-10-6-5-9-20(18)21)26-13-15-27(16-14-26)24(29)12-11-22(28)19-7-3-2-4-8-19/h2-10,17H,11-16H2,1H3. The van der Waals surface area contributed by atoms with E-state index in [-0.39, 0.29) is 24.5 Å². The van der Waals surface area contributed by atoms with Crippen LogP contribution in [0.5, 0.6) is 0 Å². The number of nitrogens with zero attached hydrogens (tertiary/aromatic N) is 3. The summed E-state index contributed by atoms with van der Waals surface area (Å²) in [5, 5.41) is 1.17. The van der Waals surface area contributed by atoms with Gasteiger partial charge in [0.25, 0.3) is 0 Å². The first kappa shape index (κ1) is 19.1. The Hall–Kier alpha value is -3.21. The van der Waals surface area contributed by atoms with Gasteiger partial charge < -0.3 is 9.80 Å². The lowest BCUT2D eigenvalue weighted by atomic mass is 10.1. The van der Waals surface area contributed by atoms with Crippen LogP contribution in [0.25, 0.3) is 10.9 Å². The number of carbonyl (C=O) groups excluding carboxylic acids is 2. The number of carbonyl (C=O) groups is 2. The number of pyridine rings is 1. The number of Topliss-reactive ketones (excluding diaryl/α,β-unsaturated/α-hetero) is 1. The van der Waals surface area contributed by atoms with Gasteiger partial charge in [0.1, 0.15) is 5.82 Å². The smallest absolute Gasteiger partial charge is 0.223 e. The van der Waals surface area contributed by atoms with Gasteiger partial charge in [-0.3, -0.25) is 9.59 Å². The summed E-state index contributed by atoms with van der Waals surface area (Å²) in [5.41, 5.74) is 2.88. The molecule has 3 aromatic rings. The summed E-state index contributed by atoms with van der Waals surface area (Å²) in [4.78, 5) is 33.7.